The fourth-order valence-corrected chi connectivity index (χ4v) is 1.56. The summed E-state index contributed by atoms with van der Waals surface area (Å²) < 4.78 is 0. The Morgan fingerprint density at radius 2 is 1.47 bits per heavy atom. The monoisotopic (exact) mass is 263 g/mol. The molecule has 0 aromatic rings. The minimum absolute atomic E-state index is 0.160. The van der Waals surface area contributed by atoms with Crippen LogP contribution < -0.4 is 11.5 Å². The van der Waals surface area contributed by atoms with Gasteiger partial charge in [0, 0.05) is 0 Å². The molecule has 0 aromatic carbocycles. The van der Waals surface area contributed by atoms with Crippen molar-refractivity contribution in [3.8, 4) is 0 Å². The number of thioether (sulfide) groups is 1. The number of nitrogens with two attached hydrogens (primary N) is 2. The highest BCUT2D eigenvalue weighted by molar-refractivity contribution is 8.00. The number of nitrogens with zero attached hydrogens (tertiary/aromatic N) is 1. The minimum atomic E-state index is -1.06. The van der Waals surface area contributed by atoms with E-state index >= 15 is 0 Å². The smallest absolute Gasteiger partial charge is 0.313 e. The van der Waals surface area contributed by atoms with Crippen molar-refractivity contribution in [2.45, 2.75) is 0 Å². The van der Waals surface area contributed by atoms with Gasteiger partial charge in [0.2, 0.25) is 17.7 Å². The molecular weight excluding hydrogens is 250 g/mol. The molecule has 8 nitrogen and oxygen atoms in total. The Kier molecular flexibility index (Phi) is 6.71. The standard InChI is InChI=1S/C8H13N3O5S/c9-5(12)1-11(2-6(10)13)7(14)3-17-4-8(15)16/h1-4H2,(H2,9,12)(H2,10,13)(H,15,16). The lowest BCUT2D eigenvalue weighted by atomic mass is 10.4. The third-order valence-electron chi connectivity index (χ3n) is 1.50. The van der Waals surface area contributed by atoms with Crippen LogP contribution >= 0.6 is 11.8 Å². The maximum atomic E-state index is 11.5. The van der Waals surface area contributed by atoms with E-state index in [1.165, 1.54) is 0 Å². The lowest BCUT2D eigenvalue weighted by Crippen LogP contribution is -2.44. The molecule has 3 amide bonds. The zero-order valence-corrected chi connectivity index (χ0v) is 9.74. The van der Waals surface area contributed by atoms with Crippen molar-refractivity contribution in [1.29, 1.82) is 0 Å². The zero-order chi connectivity index (χ0) is 13.4. The second kappa shape index (κ2) is 7.49. The van der Waals surface area contributed by atoms with E-state index in [1.807, 2.05) is 0 Å². The molecule has 0 bridgehead atoms. The van der Waals surface area contributed by atoms with Crippen molar-refractivity contribution >= 4 is 35.5 Å². The van der Waals surface area contributed by atoms with Gasteiger partial charge in [0.25, 0.3) is 0 Å². The molecule has 96 valence electrons. The number of primary amides is 2. The Labute approximate surface area is 101 Å². The van der Waals surface area contributed by atoms with E-state index < -0.39 is 36.8 Å². The average Bonchev–Trinajstić information content (AvgIpc) is 2.14. The normalized spacial score (nSPS) is 9.65. The van der Waals surface area contributed by atoms with E-state index in [9.17, 15) is 19.2 Å². The van der Waals surface area contributed by atoms with Crippen molar-refractivity contribution < 1.29 is 24.3 Å². The number of carboxylic acids is 1. The van der Waals surface area contributed by atoms with Crippen LogP contribution in [0.3, 0.4) is 0 Å². The fraction of sp³-hybridized carbons (Fsp3) is 0.500. The number of amides is 3. The van der Waals surface area contributed by atoms with Crippen molar-refractivity contribution in [3.63, 3.8) is 0 Å². The quantitative estimate of drug-likeness (QED) is 0.445. The highest BCUT2D eigenvalue weighted by atomic mass is 32.2. The molecular formula is C8H13N3O5S. The number of hydrogen-bond acceptors (Lipinski definition) is 5. The number of carboxylic acid groups (broad SMARTS) is 1. The van der Waals surface area contributed by atoms with E-state index in [4.69, 9.17) is 16.6 Å². The molecule has 0 saturated carbocycles. The summed E-state index contributed by atoms with van der Waals surface area (Å²) in [5.41, 5.74) is 9.80. The van der Waals surface area contributed by atoms with Crippen LogP contribution in [0, 0.1) is 0 Å². The molecule has 9 heteroatoms. The van der Waals surface area contributed by atoms with Crippen LogP contribution in [-0.4, -0.2) is 58.3 Å². The second-order valence-corrected chi connectivity index (χ2v) is 4.05. The van der Waals surface area contributed by atoms with E-state index in [-0.39, 0.29) is 11.5 Å². The van der Waals surface area contributed by atoms with Crippen LogP contribution in [0.15, 0.2) is 0 Å². The Morgan fingerprint density at radius 3 is 1.82 bits per heavy atom. The summed E-state index contributed by atoms with van der Waals surface area (Å²) in [6.45, 7) is -0.842. The third-order valence-corrected chi connectivity index (χ3v) is 2.40. The van der Waals surface area contributed by atoms with Gasteiger partial charge in [-0.1, -0.05) is 0 Å². The van der Waals surface area contributed by atoms with Gasteiger partial charge >= 0.3 is 5.97 Å². The topological polar surface area (TPSA) is 144 Å². The lowest BCUT2D eigenvalue weighted by molar-refractivity contribution is -0.136. The van der Waals surface area contributed by atoms with Gasteiger partial charge in [-0.3, -0.25) is 19.2 Å². The molecule has 0 spiro atoms. The first-order chi connectivity index (χ1) is 7.82. The average molecular weight is 263 g/mol. The molecule has 0 aliphatic rings. The van der Waals surface area contributed by atoms with Gasteiger partial charge in [-0.15, -0.1) is 11.8 Å². The predicted molar refractivity (Wildman–Crippen MR) is 59.9 cm³/mol. The van der Waals surface area contributed by atoms with Gasteiger partial charge in [0.15, 0.2) is 0 Å². The summed E-state index contributed by atoms with van der Waals surface area (Å²) in [7, 11) is 0. The molecule has 0 aliphatic heterocycles. The molecule has 17 heavy (non-hydrogen) atoms. The summed E-state index contributed by atoms with van der Waals surface area (Å²) in [4.78, 5) is 43.9. The lowest BCUT2D eigenvalue weighted by Gasteiger charge is -2.18. The van der Waals surface area contributed by atoms with Crippen LogP contribution in [0.25, 0.3) is 0 Å². The Morgan fingerprint density at radius 1 is 1.00 bits per heavy atom. The van der Waals surface area contributed by atoms with Crippen LogP contribution in [0.2, 0.25) is 0 Å². The number of rotatable bonds is 8. The molecule has 0 unspecified atom stereocenters. The van der Waals surface area contributed by atoms with Gasteiger partial charge < -0.3 is 21.5 Å². The van der Waals surface area contributed by atoms with Crippen LogP contribution in [0.5, 0.6) is 0 Å². The first-order valence-electron chi connectivity index (χ1n) is 4.47. The number of carbonyl (C=O) groups is 4. The Bertz CT molecular complexity index is 317. The number of hydrogen-bond donors (Lipinski definition) is 3. The van der Waals surface area contributed by atoms with Crippen molar-refractivity contribution in [3.05, 3.63) is 0 Å². The van der Waals surface area contributed by atoms with E-state index in [2.05, 4.69) is 0 Å². The number of aliphatic carboxylic acids is 1. The molecule has 0 saturated heterocycles. The minimum Gasteiger partial charge on any atom is -0.481 e. The molecule has 0 rings (SSSR count). The third kappa shape index (κ3) is 8.08. The van der Waals surface area contributed by atoms with E-state index in [0.29, 0.717) is 0 Å². The SMILES string of the molecule is NC(=O)CN(CC(N)=O)C(=O)CSCC(=O)O. The Hall–Kier alpha value is -1.77. The van der Waals surface area contributed by atoms with Crippen LogP contribution in [-0.2, 0) is 19.2 Å². The molecule has 0 aromatic heterocycles. The highest BCUT2D eigenvalue weighted by Crippen LogP contribution is 2.02. The molecule has 5 N–H and O–H groups in total. The van der Waals surface area contributed by atoms with Gasteiger partial charge in [0.1, 0.15) is 0 Å². The largest absolute Gasteiger partial charge is 0.481 e. The summed E-state index contributed by atoms with van der Waals surface area (Å²) in [6, 6.07) is 0. The maximum absolute atomic E-state index is 11.5. The van der Waals surface area contributed by atoms with Crippen molar-refractivity contribution in [2.24, 2.45) is 11.5 Å². The summed E-state index contributed by atoms with van der Waals surface area (Å²) in [5.74, 6) is -3.57. The fourth-order valence-electron chi connectivity index (χ4n) is 0.925. The van der Waals surface area contributed by atoms with Crippen molar-refractivity contribution in [2.75, 3.05) is 24.6 Å². The Balaban J connectivity index is 4.26. The van der Waals surface area contributed by atoms with Gasteiger partial charge in [-0.2, -0.15) is 0 Å². The molecule has 0 atom stereocenters. The first-order valence-corrected chi connectivity index (χ1v) is 5.62. The van der Waals surface area contributed by atoms with E-state index in [0.717, 1.165) is 16.7 Å². The van der Waals surface area contributed by atoms with Gasteiger partial charge in [-0.25, -0.2) is 0 Å². The molecule has 0 fully saturated rings. The summed E-state index contributed by atoms with van der Waals surface area (Å²) >= 11 is 0.857. The summed E-state index contributed by atoms with van der Waals surface area (Å²) in [5, 5.41) is 8.36. The van der Waals surface area contributed by atoms with Crippen molar-refractivity contribution in [1.82, 2.24) is 4.90 Å². The van der Waals surface area contributed by atoms with Gasteiger partial charge in [0.05, 0.1) is 24.6 Å². The second-order valence-electron chi connectivity index (χ2n) is 3.07. The van der Waals surface area contributed by atoms with Crippen LogP contribution in [0.1, 0.15) is 0 Å². The predicted octanol–water partition coefficient (Wildman–Crippen LogP) is -2.40. The number of carbonyl (C=O) groups excluding carboxylic acids is 3. The van der Waals surface area contributed by atoms with Gasteiger partial charge in [-0.05, 0) is 0 Å². The molecule has 0 radical (unpaired) electrons. The summed E-state index contributed by atoms with van der Waals surface area (Å²) in [6.07, 6.45) is 0. The maximum Gasteiger partial charge on any atom is 0.313 e. The zero-order valence-electron chi connectivity index (χ0n) is 8.92. The molecule has 0 aliphatic carbocycles. The first kappa shape index (κ1) is 15.2. The highest BCUT2D eigenvalue weighted by Gasteiger charge is 2.17. The van der Waals surface area contributed by atoms with E-state index in [1.54, 1.807) is 0 Å². The van der Waals surface area contributed by atoms with Crippen LogP contribution in [0.4, 0.5) is 0 Å². The molecule has 0 heterocycles.